The van der Waals surface area contributed by atoms with Gasteiger partial charge in [-0.15, -0.1) is 0 Å². The Balaban J connectivity index is 2.17. The van der Waals surface area contributed by atoms with Crippen LogP contribution in [0.4, 0.5) is 5.69 Å². The minimum Gasteiger partial charge on any atom is -0.460 e. The van der Waals surface area contributed by atoms with Gasteiger partial charge in [0, 0.05) is 12.1 Å². The second kappa shape index (κ2) is 6.73. The number of benzene rings is 1. The number of nitrogens with zero attached hydrogens (tertiary/aromatic N) is 1. The van der Waals surface area contributed by atoms with E-state index in [4.69, 9.17) is 26.2 Å². The normalized spacial score (nSPS) is 31.8. The van der Waals surface area contributed by atoms with Crippen LogP contribution >= 0.6 is 11.6 Å². The number of nitro benzene ring substituents is 1. The molecule has 1 aliphatic rings. The zero-order valence-electron chi connectivity index (χ0n) is 11.1. The summed E-state index contributed by atoms with van der Waals surface area (Å²) in [5, 5.41) is 48.7. The number of aliphatic hydroxyl groups excluding tert-OH is 4. The lowest BCUT2D eigenvalue weighted by Gasteiger charge is -2.39. The monoisotopic (exact) mass is 335 g/mol. The van der Waals surface area contributed by atoms with Crippen molar-refractivity contribution in [1.82, 2.24) is 0 Å². The van der Waals surface area contributed by atoms with Crippen molar-refractivity contribution < 1.29 is 34.8 Å². The molecule has 2 rings (SSSR count). The highest BCUT2D eigenvalue weighted by molar-refractivity contribution is 6.32. The number of non-ortho nitro benzene ring substituents is 1. The molecule has 5 atom stereocenters. The number of hydrogen-bond acceptors (Lipinski definition) is 8. The van der Waals surface area contributed by atoms with Crippen molar-refractivity contribution in [3.05, 3.63) is 33.3 Å². The molecule has 10 heteroatoms. The lowest BCUT2D eigenvalue weighted by Crippen LogP contribution is -2.60. The number of rotatable bonds is 4. The van der Waals surface area contributed by atoms with Gasteiger partial charge in [0.1, 0.15) is 30.2 Å². The first kappa shape index (κ1) is 16.9. The van der Waals surface area contributed by atoms with Crippen molar-refractivity contribution in [2.45, 2.75) is 30.7 Å². The molecule has 9 nitrogen and oxygen atoms in total. The molecule has 22 heavy (non-hydrogen) atoms. The summed E-state index contributed by atoms with van der Waals surface area (Å²) < 4.78 is 10.4. The van der Waals surface area contributed by atoms with Gasteiger partial charge in [-0.2, -0.15) is 0 Å². The molecule has 0 saturated carbocycles. The molecular formula is C12H14ClNO8. The number of nitro groups is 1. The van der Waals surface area contributed by atoms with E-state index < -0.39 is 42.2 Å². The first-order chi connectivity index (χ1) is 10.3. The molecule has 0 aromatic heterocycles. The largest absolute Gasteiger partial charge is 0.460 e. The standard InChI is InChI=1S/C12H14ClNO8/c13-6-3-5(14(19)20)1-2-7(6)21-12-11(18)10(17)9(16)8(4-15)22-12/h1-3,8-12,15-18H,4H2/t8-,9-,10-,11+,12+/m1/s1. The zero-order chi connectivity index (χ0) is 16.4. The summed E-state index contributed by atoms with van der Waals surface area (Å²) in [6.45, 7) is -0.598. The Hall–Kier alpha value is -1.49. The van der Waals surface area contributed by atoms with Crippen LogP contribution in [0.3, 0.4) is 0 Å². The van der Waals surface area contributed by atoms with Crippen LogP contribution in [-0.2, 0) is 4.74 Å². The van der Waals surface area contributed by atoms with Crippen LogP contribution in [0.1, 0.15) is 0 Å². The lowest BCUT2D eigenvalue weighted by molar-refractivity contribution is -0.384. The van der Waals surface area contributed by atoms with Crippen molar-refractivity contribution in [3.63, 3.8) is 0 Å². The maximum absolute atomic E-state index is 10.6. The fraction of sp³-hybridized carbons (Fsp3) is 0.500. The summed E-state index contributed by atoms with van der Waals surface area (Å²) in [4.78, 5) is 9.98. The number of hydrogen-bond donors (Lipinski definition) is 4. The van der Waals surface area contributed by atoms with Gasteiger partial charge >= 0.3 is 0 Å². The molecule has 0 bridgehead atoms. The Morgan fingerprint density at radius 3 is 2.50 bits per heavy atom. The molecular weight excluding hydrogens is 322 g/mol. The second-order valence-corrected chi connectivity index (χ2v) is 5.09. The van der Waals surface area contributed by atoms with Gasteiger partial charge in [-0.25, -0.2) is 0 Å². The topological polar surface area (TPSA) is 143 Å². The van der Waals surface area contributed by atoms with E-state index in [0.29, 0.717) is 0 Å². The molecule has 1 aliphatic heterocycles. The SMILES string of the molecule is O=[N+]([O-])c1ccc(O[C@H]2O[C@H](CO)[C@@H](O)[C@@H](O)[C@@H]2O)c(Cl)c1. The van der Waals surface area contributed by atoms with Gasteiger partial charge in [-0.1, -0.05) is 11.6 Å². The van der Waals surface area contributed by atoms with Crippen LogP contribution in [0.25, 0.3) is 0 Å². The predicted molar refractivity (Wildman–Crippen MR) is 72.5 cm³/mol. The first-order valence-electron chi connectivity index (χ1n) is 6.26. The van der Waals surface area contributed by atoms with E-state index in [-0.39, 0.29) is 16.5 Å². The van der Waals surface area contributed by atoms with E-state index in [1.54, 1.807) is 0 Å². The van der Waals surface area contributed by atoms with Gasteiger partial charge in [0.05, 0.1) is 16.6 Å². The highest BCUT2D eigenvalue weighted by Gasteiger charge is 2.44. The average molecular weight is 336 g/mol. The van der Waals surface area contributed by atoms with Gasteiger partial charge in [0.15, 0.2) is 0 Å². The average Bonchev–Trinajstić information content (AvgIpc) is 2.49. The van der Waals surface area contributed by atoms with E-state index in [9.17, 15) is 25.4 Å². The number of aliphatic hydroxyl groups is 4. The van der Waals surface area contributed by atoms with Gasteiger partial charge in [0.25, 0.3) is 5.69 Å². The van der Waals surface area contributed by atoms with E-state index in [0.717, 1.165) is 12.1 Å². The number of ether oxygens (including phenoxy) is 2. The molecule has 0 radical (unpaired) electrons. The second-order valence-electron chi connectivity index (χ2n) is 4.69. The van der Waals surface area contributed by atoms with Crippen LogP contribution in [0, 0.1) is 10.1 Å². The van der Waals surface area contributed by atoms with Crippen LogP contribution in [-0.4, -0.2) is 62.7 Å². The molecule has 1 fully saturated rings. The molecule has 1 saturated heterocycles. The van der Waals surface area contributed by atoms with E-state index >= 15 is 0 Å². The maximum atomic E-state index is 10.6. The van der Waals surface area contributed by atoms with Crippen LogP contribution < -0.4 is 4.74 Å². The van der Waals surface area contributed by atoms with E-state index in [1.165, 1.54) is 6.07 Å². The maximum Gasteiger partial charge on any atom is 0.271 e. The summed E-state index contributed by atoms with van der Waals surface area (Å²) in [6.07, 6.45) is -7.22. The van der Waals surface area contributed by atoms with Crippen LogP contribution in [0.2, 0.25) is 5.02 Å². The van der Waals surface area contributed by atoms with Gasteiger partial charge < -0.3 is 29.9 Å². The molecule has 0 amide bonds. The summed E-state index contributed by atoms with van der Waals surface area (Å²) >= 11 is 5.85. The Kier molecular flexibility index (Phi) is 5.16. The first-order valence-corrected chi connectivity index (χ1v) is 6.64. The minimum absolute atomic E-state index is 0.0170. The zero-order valence-corrected chi connectivity index (χ0v) is 11.8. The van der Waals surface area contributed by atoms with E-state index in [1.807, 2.05) is 0 Å². The quantitative estimate of drug-likeness (QED) is 0.423. The fourth-order valence-electron chi connectivity index (χ4n) is 1.99. The molecule has 0 aliphatic carbocycles. The molecule has 1 aromatic rings. The van der Waals surface area contributed by atoms with Gasteiger partial charge in [-0.05, 0) is 6.07 Å². The highest BCUT2D eigenvalue weighted by Crippen LogP contribution is 2.31. The Labute approximate surface area is 129 Å². The summed E-state index contributed by atoms with van der Waals surface area (Å²) in [6, 6.07) is 3.41. The van der Waals surface area contributed by atoms with Crippen molar-refractivity contribution in [3.8, 4) is 5.75 Å². The minimum atomic E-state index is -1.59. The van der Waals surface area contributed by atoms with Crippen molar-refractivity contribution >= 4 is 17.3 Å². The van der Waals surface area contributed by atoms with Crippen molar-refractivity contribution in [1.29, 1.82) is 0 Å². The van der Waals surface area contributed by atoms with Crippen LogP contribution in [0.15, 0.2) is 18.2 Å². The predicted octanol–water partition coefficient (Wildman–Crippen LogP) is -0.573. The lowest BCUT2D eigenvalue weighted by atomic mass is 9.99. The Morgan fingerprint density at radius 1 is 1.27 bits per heavy atom. The number of halogens is 1. The van der Waals surface area contributed by atoms with Gasteiger partial charge in [0.2, 0.25) is 6.29 Å². The smallest absolute Gasteiger partial charge is 0.271 e. The van der Waals surface area contributed by atoms with Crippen molar-refractivity contribution in [2.24, 2.45) is 0 Å². The third kappa shape index (κ3) is 3.29. The third-order valence-electron chi connectivity index (χ3n) is 3.22. The highest BCUT2D eigenvalue weighted by atomic mass is 35.5. The van der Waals surface area contributed by atoms with Crippen LogP contribution in [0.5, 0.6) is 5.75 Å². The molecule has 122 valence electrons. The summed E-state index contributed by atoms with van der Waals surface area (Å²) in [5.41, 5.74) is -0.244. The molecule has 0 unspecified atom stereocenters. The van der Waals surface area contributed by atoms with Gasteiger partial charge in [-0.3, -0.25) is 10.1 Å². The fourth-order valence-corrected chi connectivity index (χ4v) is 2.21. The van der Waals surface area contributed by atoms with E-state index in [2.05, 4.69) is 0 Å². The Morgan fingerprint density at radius 2 is 1.95 bits per heavy atom. The molecule has 0 spiro atoms. The Bertz CT molecular complexity index is 554. The van der Waals surface area contributed by atoms with Crippen molar-refractivity contribution in [2.75, 3.05) is 6.61 Å². The third-order valence-corrected chi connectivity index (χ3v) is 3.51. The summed E-state index contributed by atoms with van der Waals surface area (Å²) in [7, 11) is 0. The summed E-state index contributed by atoms with van der Waals surface area (Å²) in [5.74, 6) is -0.0170. The molecule has 1 heterocycles. The molecule has 4 N–H and O–H groups in total. The molecule has 1 aromatic carbocycles.